The Morgan fingerprint density at radius 2 is 1.83 bits per heavy atom. The highest BCUT2D eigenvalue weighted by Crippen LogP contribution is 2.32. The van der Waals surface area contributed by atoms with E-state index in [1.54, 1.807) is 0 Å². The predicted octanol–water partition coefficient (Wildman–Crippen LogP) is 4.10. The van der Waals surface area contributed by atoms with Crippen LogP contribution in [0.2, 0.25) is 0 Å². The molecule has 0 spiro atoms. The standard InChI is InChI=1S/C24H39N3O2/c1-2-25-24(26-15-6-16-29-19-20-13-17-28-18-14-20)27-23-11-9-22(10-12-23)21-7-4-3-5-8-21/h3-5,7-8,20,22-23H,2,6,9-19H2,1H3,(H2,25,26,27). The molecule has 3 rings (SSSR count). The smallest absolute Gasteiger partial charge is 0.191 e. The maximum absolute atomic E-state index is 5.85. The van der Waals surface area contributed by atoms with Gasteiger partial charge in [0.15, 0.2) is 5.96 Å². The fraction of sp³-hybridized carbons (Fsp3) is 0.708. The van der Waals surface area contributed by atoms with Gasteiger partial charge in [0.25, 0.3) is 0 Å². The highest BCUT2D eigenvalue weighted by atomic mass is 16.5. The van der Waals surface area contributed by atoms with Crippen LogP contribution in [0.15, 0.2) is 35.3 Å². The minimum atomic E-state index is 0.525. The Morgan fingerprint density at radius 1 is 1.07 bits per heavy atom. The van der Waals surface area contributed by atoms with Gasteiger partial charge in [-0.1, -0.05) is 30.3 Å². The van der Waals surface area contributed by atoms with Crippen molar-refractivity contribution in [3.05, 3.63) is 35.9 Å². The van der Waals surface area contributed by atoms with Crippen LogP contribution in [0, 0.1) is 5.92 Å². The van der Waals surface area contributed by atoms with Gasteiger partial charge >= 0.3 is 0 Å². The fourth-order valence-corrected chi connectivity index (χ4v) is 4.33. The van der Waals surface area contributed by atoms with Crippen molar-refractivity contribution in [1.82, 2.24) is 10.6 Å². The molecule has 1 aliphatic heterocycles. The maximum atomic E-state index is 5.85. The van der Waals surface area contributed by atoms with Gasteiger partial charge in [-0.05, 0) is 69.3 Å². The molecule has 0 radical (unpaired) electrons. The van der Waals surface area contributed by atoms with E-state index in [1.807, 2.05) is 0 Å². The SMILES string of the molecule is CCNC(=NCCCOCC1CCOCC1)NC1CCC(c2ccccc2)CC1. The van der Waals surface area contributed by atoms with Crippen molar-refractivity contribution in [3.63, 3.8) is 0 Å². The summed E-state index contributed by atoms with van der Waals surface area (Å²) in [5.41, 5.74) is 1.49. The van der Waals surface area contributed by atoms with Gasteiger partial charge < -0.3 is 20.1 Å². The van der Waals surface area contributed by atoms with E-state index in [4.69, 9.17) is 14.5 Å². The molecule has 2 aliphatic rings. The van der Waals surface area contributed by atoms with Crippen LogP contribution in [0.5, 0.6) is 0 Å². The van der Waals surface area contributed by atoms with Crippen LogP contribution < -0.4 is 10.6 Å². The average Bonchev–Trinajstić information content (AvgIpc) is 2.78. The lowest BCUT2D eigenvalue weighted by Crippen LogP contribution is -2.44. The van der Waals surface area contributed by atoms with Gasteiger partial charge in [0.05, 0.1) is 0 Å². The molecule has 1 aromatic rings. The number of benzene rings is 1. The van der Waals surface area contributed by atoms with Gasteiger partial charge in [-0.15, -0.1) is 0 Å². The Hall–Kier alpha value is -1.59. The van der Waals surface area contributed by atoms with Crippen molar-refractivity contribution in [1.29, 1.82) is 0 Å². The first-order valence-corrected chi connectivity index (χ1v) is 11.6. The van der Waals surface area contributed by atoms with Gasteiger partial charge in [0, 0.05) is 45.6 Å². The predicted molar refractivity (Wildman–Crippen MR) is 120 cm³/mol. The molecule has 0 bridgehead atoms. The molecule has 1 aromatic carbocycles. The largest absolute Gasteiger partial charge is 0.381 e. The van der Waals surface area contributed by atoms with Gasteiger partial charge in [-0.3, -0.25) is 4.99 Å². The molecule has 0 amide bonds. The molecule has 5 nitrogen and oxygen atoms in total. The van der Waals surface area contributed by atoms with Crippen LogP contribution in [0.4, 0.5) is 0 Å². The molecule has 1 saturated carbocycles. The number of hydrogen-bond acceptors (Lipinski definition) is 3. The van der Waals surface area contributed by atoms with Crippen molar-refractivity contribution >= 4 is 5.96 Å². The third-order valence-corrected chi connectivity index (χ3v) is 6.09. The molecule has 5 heteroatoms. The first-order chi connectivity index (χ1) is 14.3. The van der Waals surface area contributed by atoms with E-state index in [0.717, 1.165) is 64.7 Å². The molecule has 0 unspecified atom stereocenters. The summed E-state index contributed by atoms with van der Waals surface area (Å²) in [6, 6.07) is 11.5. The van der Waals surface area contributed by atoms with Crippen molar-refractivity contribution in [2.24, 2.45) is 10.9 Å². The first kappa shape index (κ1) is 22.1. The number of rotatable bonds is 9. The summed E-state index contributed by atoms with van der Waals surface area (Å²) in [4.78, 5) is 4.76. The van der Waals surface area contributed by atoms with Gasteiger partial charge in [-0.2, -0.15) is 0 Å². The monoisotopic (exact) mass is 401 g/mol. The number of hydrogen-bond donors (Lipinski definition) is 2. The molecule has 2 N–H and O–H groups in total. The molecule has 0 aromatic heterocycles. The third kappa shape index (κ3) is 7.98. The molecule has 1 heterocycles. The molecule has 2 fully saturated rings. The van der Waals surface area contributed by atoms with Crippen molar-refractivity contribution in [2.75, 3.05) is 39.5 Å². The lowest BCUT2D eigenvalue weighted by Gasteiger charge is -2.30. The van der Waals surface area contributed by atoms with E-state index in [2.05, 4.69) is 47.9 Å². The van der Waals surface area contributed by atoms with Crippen LogP contribution in [0.3, 0.4) is 0 Å². The zero-order valence-electron chi connectivity index (χ0n) is 18.1. The Balaban J connectivity index is 1.32. The number of aliphatic imine (C=N–C) groups is 1. The number of nitrogens with zero attached hydrogens (tertiary/aromatic N) is 1. The Kier molecular flexibility index (Phi) is 9.80. The van der Waals surface area contributed by atoms with Crippen LogP contribution in [-0.2, 0) is 9.47 Å². The van der Waals surface area contributed by atoms with Gasteiger partial charge in [-0.25, -0.2) is 0 Å². The first-order valence-electron chi connectivity index (χ1n) is 11.6. The highest BCUT2D eigenvalue weighted by Gasteiger charge is 2.22. The molecule has 162 valence electrons. The maximum Gasteiger partial charge on any atom is 0.191 e. The minimum absolute atomic E-state index is 0.525. The Bertz CT molecular complexity index is 579. The van der Waals surface area contributed by atoms with Gasteiger partial charge in [0.1, 0.15) is 0 Å². The quantitative estimate of drug-likeness (QED) is 0.372. The Labute approximate surface area is 176 Å². The highest BCUT2D eigenvalue weighted by molar-refractivity contribution is 5.80. The molecule has 1 aliphatic carbocycles. The molecular weight excluding hydrogens is 362 g/mol. The molecule has 1 saturated heterocycles. The van der Waals surface area contributed by atoms with E-state index < -0.39 is 0 Å². The lowest BCUT2D eigenvalue weighted by molar-refractivity contribution is 0.0205. The number of nitrogens with one attached hydrogen (secondary N) is 2. The summed E-state index contributed by atoms with van der Waals surface area (Å²) in [7, 11) is 0. The number of ether oxygens (including phenoxy) is 2. The van der Waals surface area contributed by atoms with Crippen LogP contribution in [0.25, 0.3) is 0 Å². The normalized spacial score (nSPS) is 23.7. The molecule has 29 heavy (non-hydrogen) atoms. The summed E-state index contributed by atoms with van der Waals surface area (Å²) in [5.74, 6) is 2.35. The van der Waals surface area contributed by atoms with Gasteiger partial charge in [0.2, 0.25) is 0 Å². The number of guanidine groups is 1. The third-order valence-electron chi connectivity index (χ3n) is 6.09. The van der Waals surface area contributed by atoms with E-state index in [-0.39, 0.29) is 0 Å². The fourth-order valence-electron chi connectivity index (χ4n) is 4.33. The zero-order valence-corrected chi connectivity index (χ0v) is 18.1. The average molecular weight is 402 g/mol. The van der Waals surface area contributed by atoms with Crippen molar-refractivity contribution in [3.8, 4) is 0 Å². The van der Waals surface area contributed by atoms with E-state index in [9.17, 15) is 0 Å². The summed E-state index contributed by atoms with van der Waals surface area (Å²) in [6.07, 6.45) is 8.16. The zero-order chi connectivity index (χ0) is 20.2. The molecule has 0 atom stereocenters. The second-order valence-corrected chi connectivity index (χ2v) is 8.35. The summed E-state index contributed by atoms with van der Waals surface area (Å²) >= 11 is 0. The topological polar surface area (TPSA) is 54.9 Å². The minimum Gasteiger partial charge on any atom is -0.381 e. The van der Waals surface area contributed by atoms with Crippen LogP contribution in [0.1, 0.15) is 63.4 Å². The Morgan fingerprint density at radius 3 is 2.55 bits per heavy atom. The van der Waals surface area contributed by atoms with Crippen LogP contribution >= 0.6 is 0 Å². The summed E-state index contributed by atoms with van der Waals surface area (Å²) < 4.78 is 11.3. The van der Waals surface area contributed by atoms with E-state index in [0.29, 0.717) is 17.9 Å². The second-order valence-electron chi connectivity index (χ2n) is 8.35. The lowest BCUT2D eigenvalue weighted by atomic mass is 9.82. The van der Waals surface area contributed by atoms with Crippen molar-refractivity contribution < 1.29 is 9.47 Å². The second kappa shape index (κ2) is 12.9. The molecular formula is C24H39N3O2. The van der Waals surface area contributed by atoms with E-state index in [1.165, 1.54) is 31.2 Å². The van der Waals surface area contributed by atoms with Crippen molar-refractivity contribution in [2.45, 2.75) is 63.8 Å². The van der Waals surface area contributed by atoms with E-state index >= 15 is 0 Å². The summed E-state index contributed by atoms with van der Waals surface area (Å²) in [5, 5.41) is 7.06. The summed E-state index contributed by atoms with van der Waals surface area (Å²) in [6.45, 7) is 7.28. The van der Waals surface area contributed by atoms with Crippen LogP contribution in [-0.4, -0.2) is 51.5 Å².